The van der Waals surface area contributed by atoms with Crippen LogP contribution < -0.4 is 14.2 Å². The number of pyridine rings is 1. The molecule has 0 saturated carbocycles. The van der Waals surface area contributed by atoms with Crippen molar-refractivity contribution in [1.29, 1.82) is 0 Å². The number of likely N-dealkylation sites (tertiary alicyclic amines) is 1. The fraction of sp³-hybridized carbons (Fsp3) is 0.450. The van der Waals surface area contributed by atoms with Gasteiger partial charge in [-0.1, -0.05) is 6.42 Å². The third kappa shape index (κ3) is 6.32. The first kappa shape index (κ1) is 21.9. The van der Waals surface area contributed by atoms with Crippen molar-refractivity contribution in [1.82, 2.24) is 9.88 Å². The Morgan fingerprint density at radius 1 is 1.17 bits per heavy atom. The van der Waals surface area contributed by atoms with E-state index >= 15 is 0 Å². The van der Waals surface area contributed by atoms with Gasteiger partial charge in [0, 0.05) is 17.2 Å². The number of anilines is 1. The molecule has 0 aliphatic carbocycles. The number of nitrogens with zero attached hydrogens (tertiary/aromatic N) is 2. The lowest BCUT2D eigenvalue weighted by atomic mass is 10.1. The van der Waals surface area contributed by atoms with Crippen molar-refractivity contribution in [3.05, 3.63) is 41.0 Å². The molecule has 0 radical (unpaired) electrons. The summed E-state index contributed by atoms with van der Waals surface area (Å²) in [6.07, 6.45) is 6.28. The normalized spacial score (nSPS) is 15.1. The summed E-state index contributed by atoms with van der Waals surface area (Å²) >= 11 is 3.34. The second kappa shape index (κ2) is 10.3. The number of sulfonamides is 1. The summed E-state index contributed by atoms with van der Waals surface area (Å²) in [6.45, 7) is 3.73. The van der Waals surface area contributed by atoms with Crippen molar-refractivity contribution in [3.8, 4) is 11.6 Å². The van der Waals surface area contributed by atoms with Crippen molar-refractivity contribution in [3.63, 3.8) is 0 Å². The van der Waals surface area contributed by atoms with Crippen LogP contribution in [0.1, 0.15) is 25.7 Å². The van der Waals surface area contributed by atoms with E-state index in [0.717, 1.165) is 26.1 Å². The predicted molar refractivity (Wildman–Crippen MR) is 116 cm³/mol. The Morgan fingerprint density at radius 3 is 2.59 bits per heavy atom. The molecule has 158 valence electrons. The maximum absolute atomic E-state index is 12.7. The topological polar surface area (TPSA) is 80.8 Å². The zero-order valence-electron chi connectivity index (χ0n) is 16.4. The molecule has 1 aromatic heterocycles. The third-order valence-corrected chi connectivity index (χ3v) is 6.55. The maximum atomic E-state index is 12.7. The van der Waals surface area contributed by atoms with E-state index < -0.39 is 10.0 Å². The lowest BCUT2D eigenvalue weighted by Gasteiger charge is -2.26. The van der Waals surface area contributed by atoms with Crippen LogP contribution in [-0.4, -0.2) is 51.7 Å². The molecule has 2 aromatic rings. The van der Waals surface area contributed by atoms with Crippen LogP contribution in [0.15, 0.2) is 45.9 Å². The highest BCUT2D eigenvalue weighted by atomic mass is 79.9. The van der Waals surface area contributed by atoms with Crippen LogP contribution in [0.3, 0.4) is 0 Å². The average Bonchev–Trinajstić information content (AvgIpc) is 2.73. The smallest absolute Gasteiger partial charge is 0.262 e. The van der Waals surface area contributed by atoms with E-state index in [1.165, 1.54) is 38.5 Å². The number of nitrogens with one attached hydrogen (secondary N) is 1. The van der Waals surface area contributed by atoms with Crippen molar-refractivity contribution >= 4 is 31.6 Å². The molecule has 0 bridgehead atoms. The van der Waals surface area contributed by atoms with Crippen molar-refractivity contribution < 1.29 is 17.9 Å². The fourth-order valence-corrected chi connectivity index (χ4v) is 4.59. The highest BCUT2D eigenvalue weighted by molar-refractivity contribution is 9.10. The Morgan fingerprint density at radius 2 is 1.90 bits per heavy atom. The van der Waals surface area contributed by atoms with Crippen LogP contribution in [0.5, 0.6) is 11.6 Å². The molecule has 0 atom stereocenters. The van der Waals surface area contributed by atoms with E-state index in [1.807, 2.05) is 0 Å². The van der Waals surface area contributed by atoms with Gasteiger partial charge in [-0.05, 0) is 78.6 Å². The Labute approximate surface area is 180 Å². The van der Waals surface area contributed by atoms with Gasteiger partial charge in [-0.2, -0.15) is 0 Å². The van der Waals surface area contributed by atoms with Gasteiger partial charge in [0.1, 0.15) is 11.4 Å². The number of rotatable bonds is 9. The van der Waals surface area contributed by atoms with Crippen LogP contribution in [0, 0.1) is 0 Å². The summed E-state index contributed by atoms with van der Waals surface area (Å²) < 4.78 is 39.6. The minimum atomic E-state index is -3.78. The number of aromatic nitrogens is 1. The van der Waals surface area contributed by atoms with Gasteiger partial charge in [0.25, 0.3) is 10.0 Å². The Bertz CT molecular complexity index is 900. The molecule has 3 rings (SSSR count). The molecule has 1 N–H and O–H groups in total. The first-order chi connectivity index (χ1) is 14.0. The summed E-state index contributed by atoms with van der Waals surface area (Å²) in [7, 11) is -2.25. The number of hydrogen-bond acceptors (Lipinski definition) is 6. The Balaban J connectivity index is 1.64. The highest BCUT2D eigenvalue weighted by Crippen LogP contribution is 2.28. The monoisotopic (exact) mass is 483 g/mol. The zero-order chi connectivity index (χ0) is 20.7. The Kier molecular flexibility index (Phi) is 7.74. The molecule has 9 heteroatoms. The van der Waals surface area contributed by atoms with Gasteiger partial charge in [0.15, 0.2) is 0 Å². The van der Waals surface area contributed by atoms with E-state index in [1.54, 1.807) is 24.4 Å². The summed E-state index contributed by atoms with van der Waals surface area (Å²) in [6, 6.07) is 7.84. The molecule has 1 saturated heterocycles. The third-order valence-electron chi connectivity index (χ3n) is 4.74. The van der Waals surface area contributed by atoms with Crippen LogP contribution in [0.2, 0.25) is 0 Å². The molecular formula is C20H26BrN3O4S. The largest absolute Gasteiger partial charge is 0.497 e. The second-order valence-electron chi connectivity index (χ2n) is 6.89. The van der Waals surface area contributed by atoms with Gasteiger partial charge in [-0.3, -0.25) is 4.72 Å². The van der Waals surface area contributed by atoms with Crippen molar-refractivity contribution in [2.24, 2.45) is 0 Å². The summed E-state index contributed by atoms with van der Waals surface area (Å²) in [5.41, 5.74) is 0.299. The molecule has 1 aliphatic heterocycles. The van der Waals surface area contributed by atoms with E-state index in [2.05, 4.69) is 30.5 Å². The number of benzene rings is 1. The molecule has 2 heterocycles. The molecular weight excluding hydrogens is 458 g/mol. The summed E-state index contributed by atoms with van der Waals surface area (Å²) in [4.78, 5) is 6.81. The maximum Gasteiger partial charge on any atom is 0.262 e. The first-order valence-corrected chi connectivity index (χ1v) is 11.9. The summed E-state index contributed by atoms with van der Waals surface area (Å²) in [5.74, 6) is 0.856. The molecule has 0 unspecified atom stereocenters. The number of ether oxygens (including phenoxy) is 2. The van der Waals surface area contributed by atoms with Gasteiger partial charge < -0.3 is 14.4 Å². The molecule has 1 aromatic carbocycles. The fourth-order valence-electron chi connectivity index (χ4n) is 3.21. The molecule has 1 fully saturated rings. The lowest BCUT2D eigenvalue weighted by Crippen LogP contribution is -2.31. The Hall–Kier alpha value is -1.84. The molecule has 7 nitrogen and oxygen atoms in total. The van der Waals surface area contributed by atoms with Gasteiger partial charge in [0.05, 0.1) is 18.6 Å². The SMILES string of the molecule is COc1ccc(S(=O)(=O)Nc2cc(Br)cnc2OCCCN2CCCCC2)cc1. The van der Waals surface area contributed by atoms with Gasteiger partial charge in [-0.15, -0.1) is 0 Å². The first-order valence-electron chi connectivity index (χ1n) is 9.65. The minimum Gasteiger partial charge on any atom is -0.497 e. The molecule has 1 aliphatic rings. The predicted octanol–water partition coefficient (Wildman–Crippen LogP) is 3.91. The average molecular weight is 484 g/mol. The number of hydrogen-bond donors (Lipinski definition) is 1. The zero-order valence-corrected chi connectivity index (χ0v) is 18.8. The number of methoxy groups -OCH3 is 1. The van der Waals surface area contributed by atoms with E-state index in [-0.39, 0.29) is 10.8 Å². The standard InChI is InChI=1S/C20H26BrN3O4S/c1-27-17-6-8-18(9-7-17)29(25,26)23-19-14-16(21)15-22-20(19)28-13-5-12-24-10-3-2-4-11-24/h6-9,14-15,23H,2-5,10-13H2,1H3. The number of halogens is 1. The van der Waals surface area contributed by atoms with Gasteiger partial charge >= 0.3 is 0 Å². The second-order valence-corrected chi connectivity index (χ2v) is 9.49. The van der Waals surface area contributed by atoms with Crippen molar-refractivity contribution in [2.75, 3.05) is 38.1 Å². The lowest BCUT2D eigenvalue weighted by molar-refractivity contribution is 0.203. The van der Waals surface area contributed by atoms with E-state index in [0.29, 0.717) is 22.5 Å². The number of piperidine rings is 1. The molecule has 29 heavy (non-hydrogen) atoms. The van der Waals surface area contributed by atoms with E-state index in [9.17, 15) is 8.42 Å². The molecule has 0 spiro atoms. The van der Waals surface area contributed by atoms with Crippen molar-refractivity contribution in [2.45, 2.75) is 30.6 Å². The van der Waals surface area contributed by atoms with Crippen LogP contribution >= 0.6 is 15.9 Å². The van der Waals surface area contributed by atoms with Gasteiger partial charge in [-0.25, -0.2) is 13.4 Å². The molecule has 0 amide bonds. The van der Waals surface area contributed by atoms with Crippen LogP contribution in [0.25, 0.3) is 0 Å². The quantitative estimate of drug-likeness (QED) is 0.544. The minimum absolute atomic E-state index is 0.134. The highest BCUT2D eigenvalue weighted by Gasteiger charge is 2.18. The van der Waals surface area contributed by atoms with Crippen LogP contribution in [0.4, 0.5) is 5.69 Å². The van der Waals surface area contributed by atoms with Crippen LogP contribution in [-0.2, 0) is 10.0 Å². The van der Waals surface area contributed by atoms with Gasteiger partial charge in [0.2, 0.25) is 5.88 Å². The van der Waals surface area contributed by atoms with E-state index in [4.69, 9.17) is 9.47 Å². The summed E-state index contributed by atoms with van der Waals surface area (Å²) in [5, 5.41) is 0.